The van der Waals surface area contributed by atoms with E-state index in [1.165, 1.54) is 14.2 Å². The molecule has 9 heteroatoms. The predicted molar refractivity (Wildman–Crippen MR) is 97.0 cm³/mol. The Morgan fingerprint density at radius 2 is 1.19 bits per heavy atom. The fraction of sp³-hybridized carbons (Fsp3) is 0.471. The van der Waals surface area contributed by atoms with Crippen LogP contribution >= 0.6 is 8.60 Å². The van der Waals surface area contributed by atoms with Crippen LogP contribution in [0.25, 0.3) is 0 Å². The zero-order valence-corrected chi connectivity index (χ0v) is 17.7. The number of hydrogen-bond acceptors (Lipinski definition) is 7. The molecule has 26 heavy (non-hydrogen) atoms. The molecular weight excluding hydrogens is 406 g/mol. The molecule has 0 atom stereocenters. The topological polar surface area (TPSA) is 80.3 Å². The van der Waals surface area contributed by atoms with Crippen molar-refractivity contribution in [2.45, 2.75) is 20.8 Å². The van der Waals surface area contributed by atoms with Crippen molar-refractivity contribution in [3.8, 4) is 0 Å². The number of carbonyl (C=O) groups excluding carboxylic acids is 2. The molecule has 153 valence electrons. The molecule has 0 bridgehead atoms. The maximum atomic E-state index is 10.3. The summed E-state index contributed by atoms with van der Waals surface area (Å²) < 4.78 is 23.9. The van der Waals surface area contributed by atoms with Gasteiger partial charge in [-0.3, -0.25) is 0 Å². The molecular formula is C17H28CoO7P-. The summed E-state index contributed by atoms with van der Waals surface area (Å²) in [5.41, 5.74) is 0. The van der Waals surface area contributed by atoms with E-state index in [-0.39, 0.29) is 16.8 Å². The molecule has 0 aromatic heterocycles. The van der Waals surface area contributed by atoms with Crippen molar-refractivity contribution in [3.05, 3.63) is 42.5 Å². The Kier molecular flexibility index (Phi) is 27.2. The first-order valence-corrected chi connectivity index (χ1v) is 8.84. The normalized spacial score (nSPS) is 9.31. The molecule has 0 heterocycles. The van der Waals surface area contributed by atoms with Gasteiger partial charge in [0.15, 0.2) is 0 Å². The van der Waals surface area contributed by atoms with E-state index in [9.17, 15) is 9.59 Å². The molecule has 1 rings (SSSR count). The third-order valence-electron chi connectivity index (χ3n) is 2.02. The summed E-state index contributed by atoms with van der Waals surface area (Å²) in [6.45, 7) is 7.71. The van der Waals surface area contributed by atoms with Crippen molar-refractivity contribution in [2.24, 2.45) is 0 Å². The minimum atomic E-state index is -1.06. The second-order valence-corrected chi connectivity index (χ2v) is 5.04. The van der Waals surface area contributed by atoms with E-state index in [0.29, 0.717) is 19.8 Å². The third kappa shape index (κ3) is 22.8. The Morgan fingerprint density at radius 3 is 1.38 bits per heavy atom. The van der Waals surface area contributed by atoms with Gasteiger partial charge in [-0.25, -0.2) is 21.7 Å². The van der Waals surface area contributed by atoms with Gasteiger partial charge in [-0.05, 0) is 20.8 Å². The van der Waals surface area contributed by atoms with E-state index in [0.717, 1.165) is 12.2 Å². The Balaban J connectivity index is -0.000000314. The van der Waals surface area contributed by atoms with E-state index in [2.05, 4.69) is 9.47 Å². The van der Waals surface area contributed by atoms with Gasteiger partial charge in [0.2, 0.25) is 0 Å². The zero-order valence-electron chi connectivity index (χ0n) is 15.8. The second-order valence-electron chi connectivity index (χ2n) is 3.82. The third-order valence-corrected chi connectivity index (χ3v) is 3.42. The first-order valence-electron chi connectivity index (χ1n) is 7.75. The molecule has 0 unspecified atom stereocenters. The largest absolute Gasteiger partial charge is 0.466 e. The summed E-state index contributed by atoms with van der Waals surface area (Å²) in [5.74, 6) is -1.16. The number of rotatable bonds is 8. The molecule has 0 fully saturated rings. The van der Waals surface area contributed by atoms with Crippen molar-refractivity contribution in [3.63, 3.8) is 0 Å². The van der Waals surface area contributed by atoms with Crippen molar-refractivity contribution >= 4 is 20.5 Å². The number of esters is 2. The van der Waals surface area contributed by atoms with E-state index in [1.807, 2.05) is 51.1 Å². The summed E-state index contributed by atoms with van der Waals surface area (Å²) in [5, 5.41) is 0. The van der Waals surface area contributed by atoms with Crippen LogP contribution in [0.1, 0.15) is 20.8 Å². The molecule has 0 aliphatic rings. The molecule has 0 aliphatic carbocycles. The van der Waals surface area contributed by atoms with Crippen LogP contribution in [-0.4, -0.2) is 46.0 Å². The Morgan fingerprint density at radius 1 is 0.846 bits per heavy atom. The molecule has 0 aliphatic heterocycles. The van der Waals surface area contributed by atoms with Crippen molar-refractivity contribution in [1.82, 2.24) is 0 Å². The van der Waals surface area contributed by atoms with Crippen LogP contribution in [0.4, 0.5) is 0 Å². The first-order chi connectivity index (χ1) is 12.0. The zero-order chi connectivity index (χ0) is 19.3. The molecule has 7 nitrogen and oxygen atoms in total. The molecule has 0 saturated carbocycles. The number of methoxy groups -OCH3 is 2. The Labute approximate surface area is 167 Å². The summed E-state index contributed by atoms with van der Waals surface area (Å²) in [6, 6.07) is 10.0. The molecule has 0 N–H and O–H groups in total. The standard InChI is InChI=1S/C6H8O4.C6H15O3P.C5H5.Co/c1-9-5(7)3-4-6(8)10-2;1-4-7-10(8-5-2)9-6-3;1-2-4-5-3-1;/h3-4H,1-2H3;4-6H2,1-3H3;1-5H;/q;;-1;/b4-3+;;;. The minimum absolute atomic E-state index is 0. The smallest absolute Gasteiger partial charge is 0.332 e. The minimum Gasteiger partial charge on any atom is -0.466 e. The van der Waals surface area contributed by atoms with Gasteiger partial charge in [0.1, 0.15) is 0 Å². The number of hydrogen-bond donors (Lipinski definition) is 0. The summed E-state index contributed by atoms with van der Waals surface area (Å²) >= 11 is 0. The second kappa shape index (κ2) is 23.8. The summed E-state index contributed by atoms with van der Waals surface area (Å²) in [4.78, 5) is 20.6. The van der Waals surface area contributed by atoms with Gasteiger partial charge in [-0.15, -0.1) is 0 Å². The van der Waals surface area contributed by atoms with E-state index >= 15 is 0 Å². The van der Waals surface area contributed by atoms with Crippen LogP contribution < -0.4 is 0 Å². The van der Waals surface area contributed by atoms with Gasteiger partial charge < -0.3 is 23.0 Å². The van der Waals surface area contributed by atoms with Crippen LogP contribution in [0, 0.1) is 0 Å². The molecule has 0 amide bonds. The van der Waals surface area contributed by atoms with Gasteiger partial charge in [-0.1, -0.05) is 0 Å². The van der Waals surface area contributed by atoms with Crippen LogP contribution in [0.15, 0.2) is 42.5 Å². The van der Waals surface area contributed by atoms with E-state index in [4.69, 9.17) is 13.6 Å². The molecule has 0 saturated heterocycles. The van der Waals surface area contributed by atoms with Gasteiger partial charge in [0.25, 0.3) is 0 Å². The van der Waals surface area contributed by atoms with Crippen molar-refractivity contribution in [1.29, 1.82) is 0 Å². The maximum absolute atomic E-state index is 10.3. The fourth-order valence-corrected chi connectivity index (χ4v) is 1.88. The van der Waals surface area contributed by atoms with Crippen LogP contribution in [0.5, 0.6) is 0 Å². The van der Waals surface area contributed by atoms with Crippen LogP contribution in [0.3, 0.4) is 0 Å². The maximum Gasteiger partial charge on any atom is 0.332 e. The van der Waals surface area contributed by atoms with Crippen molar-refractivity contribution in [2.75, 3.05) is 34.0 Å². The first kappa shape index (κ1) is 29.6. The molecule has 0 spiro atoms. The average molecular weight is 434 g/mol. The van der Waals surface area contributed by atoms with Gasteiger partial charge in [-0.2, -0.15) is 18.2 Å². The van der Waals surface area contributed by atoms with Crippen LogP contribution in [0.2, 0.25) is 0 Å². The monoisotopic (exact) mass is 434 g/mol. The summed E-state index contributed by atoms with van der Waals surface area (Å²) in [6.07, 6.45) is 1.98. The Hall–Kier alpha value is -1.15. The number of ether oxygens (including phenoxy) is 2. The Bertz CT molecular complexity index is 389. The van der Waals surface area contributed by atoms with E-state index in [1.54, 1.807) is 0 Å². The average Bonchev–Trinajstić information content (AvgIpc) is 3.20. The van der Waals surface area contributed by atoms with Gasteiger partial charge in [0, 0.05) is 28.9 Å². The van der Waals surface area contributed by atoms with Gasteiger partial charge in [0.05, 0.1) is 34.0 Å². The predicted octanol–water partition coefficient (Wildman–Crippen LogP) is 3.61. The SMILES string of the molecule is CCOP(OCC)OCC.COC(=O)/C=C/C(=O)OC.[Co].c1cc[cH-]c1. The number of carbonyl (C=O) groups is 2. The fourth-order valence-electron chi connectivity index (χ4n) is 1.02. The van der Waals surface area contributed by atoms with Crippen molar-refractivity contribution < 1.29 is 49.4 Å². The summed E-state index contributed by atoms with van der Waals surface area (Å²) in [7, 11) is 1.39. The molecule has 1 radical (unpaired) electrons. The van der Waals surface area contributed by atoms with Crippen LogP contribution in [-0.2, 0) is 49.4 Å². The van der Waals surface area contributed by atoms with Gasteiger partial charge >= 0.3 is 20.5 Å². The molecule has 1 aromatic rings. The molecule has 1 aromatic carbocycles. The van der Waals surface area contributed by atoms with E-state index < -0.39 is 20.5 Å². The quantitative estimate of drug-likeness (QED) is 0.268.